The number of ether oxygens (including phenoxy) is 1. The van der Waals surface area contributed by atoms with Gasteiger partial charge in [0.15, 0.2) is 0 Å². The average molecular weight is 283 g/mol. The van der Waals surface area contributed by atoms with Gasteiger partial charge >= 0.3 is 0 Å². The third-order valence-corrected chi connectivity index (χ3v) is 4.08. The summed E-state index contributed by atoms with van der Waals surface area (Å²) < 4.78 is 5.90. The van der Waals surface area contributed by atoms with Crippen molar-refractivity contribution in [1.82, 2.24) is 14.9 Å². The van der Waals surface area contributed by atoms with Crippen molar-refractivity contribution in [3.05, 3.63) is 17.0 Å². The number of nitrogens with one attached hydrogen (secondary N) is 1. The maximum Gasteiger partial charge on any atom is 0.224 e. The van der Waals surface area contributed by atoms with Crippen LogP contribution in [0.2, 0.25) is 5.28 Å². The third kappa shape index (κ3) is 2.99. The summed E-state index contributed by atoms with van der Waals surface area (Å²) in [7, 11) is 0. The van der Waals surface area contributed by atoms with Crippen LogP contribution in [0.25, 0.3) is 0 Å². The Balaban J connectivity index is 1.56. The van der Waals surface area contributed by atoms with Gasteiger partial charge in [0, 0.05) is 30.9 Å². The topological polar surface area (TPSA) is 50.3 Å². The number of halogens is 1. The Morgan fingerprint density at radius 1 is 1.58 bits per heavy atom. The van der Waals surface area contributed by atoms with Gasteiger partial charge in [-0.25, -0.2) is 9.97 Å². The van der Waals surface area contributed by atoms with Gasteiger partial charge in [0.1, 0.15) is 5.82 Å². The van der Waals surface area contributed by atoms with Crippen LogP contribution in [-0.2, 0) is 4.74 Å². The average Bonchev–Trinajstić information content (AvgIpc) is 2.87. The molecule has 0 aromatic carbocycles. The molecule has 2 unspecified atom stereocenters. The van der Waals surface area contributed by atoms with E-state index >= 15 is 0 Å². The zero-order chi connectivity index (χ0) is 13.2. The smallest absolute Gasteiger partial charge is 0.224 e. The van der Waals surface area contributed by atoms with E-state index in [4.69, 9.17) is 16.3 Å². The summed E-state index contributed by atoms with van der Waals surface area (Å²) >= 11 is 5.81. The Bertz CT molecular complexity index is 456. The predicted octanol–water partition coefficient (Wildman–Crippen LogP) is 1.71. The number of hydrogen-bond donors (Lipinski definition) is 1. The van der Waals surface area contributed by atoms with Gasteiger partial charge < -0.3 is 10.1 Å². The zero-order valence-electron chi connectivity index (χ0n) is 11.1. The second-order valence-electron chi connectivity index (χ2n) is 5.30. The molecule has 3 heterocycles. The summed E-state index contributed by atoms with van der Waals surface area (Å²) in [6.45, 7) is 5.81. The van der Waals surface area contributed by atoms with E-state index < -0.39 is 0 Å². The Morgan fingerprint density at radius 2 is 2.47 bits per heavy atom. The molecule has 2 fully saturated rings. The fourth-order valence-corrected chi connectivity index (χ4v) is 2.95. The summed E-state index contributed by atoms with van der Waals surface area (Å²) in [6.07, 6.45) is 4.54. The summed E-state index contributed by atoms with van der Waals surface area (Å²) in [5.74, 6) is 0.798. The highest BCUT2D eigenvalue weighted by molar-refractivity contribution is 6.28. The van der Waals surface area contributed by atoms with Gasteiger partial charge in [-0.3, -0.25) is 4.90 Å². The van der Waals surface area contributed by atoms with Crippen molar-refractivity contribution < 1.29 is 4.74 Å². The van der Waals surface area contributed by atoms with Crippen molar-refractivity contribution in [2.75, 3.05) is 31.6 Å². The lowest BCUT2D eigenvalue weighted by molar-refractivity contribution is -0.0416. The number of nitrogens with zero attached hydrogens (tertiary/aromatic N) is 3. The number of anilines is 1. The number of rotatable bonds is 3. The lowest BCUT2D eigenvalue weighted by atomic mass is 10.2. The number of morpholine rings is 1. The lowest BCUT2D eigenvalue weighted by Gasteiger charge is -2.35. The highest BCUT2D eigenvalue weighted by atomic mass is 35.5. The fourth-order valence-electron chi connectivity index (χ4n) is 2.82. The fraction of sp³-hybridized carbons (Fsp3) is 0.692. The quantitative estimate of drug-likeness (QED) is 0.856. The van der Waals surface area contributed by atoms with Gasteiger partial charge in [0.2, 0.25) is 5.28 Å². The van der Waals surface area contributed by atoms with Crippen molar-refractivity contribution in [1.29, 1.82) is 0 Å². The van der Waals surface area contributed by atoms with E-state index in [-0.39, 0.29) is 11.4 Å². The van der Waals surface area contributed by atoms with E-state index in [1.807, 2.05) is 6.92 Å². The largest absolute Gasteiger partial charge is 0.373 e. The van der Waals surface area contributed by atoms with Crippen molar-refractivity contribution in [2.45, 2.75) is 31.9 Å². The summed E-state index contributed by atoms with van der Waals surface area (Å²) in [5.41, 5.74) is 0.999. The van der Waals surface area contributed by atoms with E-state index in [1.165, 1.54) is 19.4 Å². The van der Waals surface area contributed by atoms with Crippen molar-refractivity contribution in [3.8, 4) is 0 Å². The second-order valence-corrected chi connectivity index (χ2v) is 5.64. The van der Waals surface area contributed by atoms with Crippen LogP contribution in [0, 0.1) is 6.92 Å². The molecule has 2 saturated heterocycles. The highest BCUT2D eigenvalue weighted by Gasteiger charge is 2.32. The van der Waals surface area contributed by atoms with Gasteiger partial charge in [-0.2, -0.15) is 0 Å². The zero-order valence-corrected chi connectivity index (χ0v) is 11.9. The predicted molar refractivity (Wildman–Crippen MR) is 74.6 cm³/mol. The Hall–Kier alpha value is -0.910. The van der Waals surface area contributed by atoms with Crippen molar-refractivity contribution in [2.24, 2.45) is 0 Å². The van der Waals surface area contributed by atoms with Gasteiger partial charge in [0.25, 0.3) is 0 Å². The van der Waals surface area contributed by atoms with E-state index in [0.29, 0.717) is 6.04 Å². The maximum atomic E-state index is 5.90. The van der Waals surface area contributed by atoms with E-state index in [1.54, 1.807) is 6.20 Å². The second kappa shape index (κ2) is 5.61. The number of hydrogen-bond acceptors (Lipinski definition) is 5. The molecule has 2 atom stereocenters. The monoisotopic (exact) mass is 282 g/mol. The number of aromatic nitrogens is 2. The first-order valence-electron chi connectivity index (χ1n) is 6.81. The van der Waals surface area contributed by atoms with Crippen molar-refractivity contribution >= 4 is 17.4 Å². The van der Waals surface area contributed by atoms with E-state index in [9.17, 15) is 0 Å². The van der Waals surface area contributed by atoms with Crippen LogP contribution in [0.3, 0.4) is 0 Å². The van der Waals surface area contributed by atoms with Crippen molar-refractivity contribution in [3.63, 3.8) is 0 Å². The first kappa shape index (κ1) is 13.1. The highest BCUT2D eigenvalue weighted by Crippen LogP contribution is 2.23. The van der Waals surface area contributed by atoms with Crippen LogP contribution in [0.15, 0.2) is 6.20 Å². The standard InChI is InChI=1S/C13H19ClN4O/c1-9-5-16-13(14)17-12(9)15-6-11-7-18-4-2-3-10(18)8-19-11/h5,10-11H,2-4,6-8H2,1H3,(H,15,16,17). The van der Waals surface area contributed by atoms with Crippen LogP contribution >= 0.6 is 11.6 Å². The molecule has 0 spiro atoms. The summed E-state index contributed by atoms with van der Waals surface area (Å²) in [5, 5.41) is 3.59. The molecule has 2 aliphatic heterocycles. The van der Waals surface area contributed by atoms with Gasteiger partial charge in [-0.15, -0.1) is 0 Å². The molecule has 104 valence electrons. The minimum atomic E-state index is 0.225. The molecule has 0 aliphatic carbocycles. The summed E-state index contributed by atoms with van der Waals surface area (Å²) in [6, 6.07) is 0.645. The minimum absolute atomic E-state index is 0.225. The molecular formula is C13H19ClN4O. The van der Waals surface area contributed by atoms with Gasteiger partial charge in [0.05, 0.1) is 12.7 Å². The normalized spacial score (nSPS) is 27.3. The number of fused-ring (bicyclic) bond motifs is 1. The molecule has 1 aromatic rings. The molecular weight excluding hydrogens is 264 g/mol. The van der Waals surface area contributed by atoms with Crippen LogP contribution in [-0.4, -0.2) is 53.3 Å². The molecule has 1 N–H and O–H groups in total. The molecule has 6 heteroatoms. The van der Waals surface area contributed by atoms with E-state index in [0.717, 1.165) is 31.1 Å². The van der Waals surface area contributed by atoms with Crippen LogP contribution in [0.4, 0.5) is 5.82 Å². The summed E-state index contributed by atoms with van der Waals surface area (Å²) in [4.78, 5) is 10.7. The number of aryl methyl sites for hydroxylation is 1. The molecule has 1 aromatic heterocycles. The van der Waals surface area contributed by atoms with E-state index in [2.05, 4.69) is 20.2 Å². The van der Waals surface area contributed by atoms with Crippen LogP contribution in [0.5, 0.6) is 0 Å². The SMILES string of the molecule is Cc1cnc(Cl)nc1NCC1CN2CCCC2CO1. The first-order chi connectivity index (χ1) is 9.22. The maximum absolute atomic E-state index is 5.90. The van der Waals surface area contributed by atoms with Gasteiger partial charge in [-0.1, -0.05) is 0 Å². The molecule has 3 rings (SSSR count). The molecule has 5 nitrogen and oxygen atoms in total. The Labute approximate surface area is 118 Å². The molecule has 2 aliphatic rings. The minimum Gasteiger partial charge on any atom is -0.373 e. The Morgan fingerprint density at radius 3 is 3.37 bits per heavy atom. The van der Waals surface area contributed by atoms with Gasteiger partial charge in [-0.05, 0) is 37.9 Å². The molecule has 0 bridgehead atoms. The third-order valence-electron chi connectivity index (χ3n) is 3.90. The molecule has 0 saturated carbocycles. The molecule has 0 amide bonds. The van der Waals surface area contributed by atoms with Crippen LogP contribution < -0.4 is 5.32 Å². The molecule has 19 heavy (non-hydrogen) atoms. The Kier molecular flexibility index (Phi) is 3.86. The first-order valence-corrected chi connectivity index (χ1v) is 7.19. The lowest BCUT2D eigenvalue weighted by Crippen LogP contribution is -2.48. The van der Waals surface area contributed by atoms with Crippen LogP contribution in [0.1, 0.15) is 18.4 Å². The molecule has 0 radical (unpaired) electrons.